The molecule has 20 heavy (non-hydrogen) atoms. The summed E-state index contributed by atoms with van der Waals surface area (Å²) in [5.74, 6) is 0.761. The van der Waals surface area contributed by atoms with Crippen molar-refractivity contribution < 1.29 is 9.53 Å². The fourth-order valence-electron chi connectivity index (χ4n) is 2.27. The first kappa shape index (κ1) is 15.1. The van der Waals surface area contributed by atoms with Crippen LogP contribution in [0.2, 0.25) is 5.02 Å². The first-order valence-electron chi connectivity index (χ1n) is 6.87. The van der Waals surface area contributed by atoms with Gasteiger partial charge in [-0.15, -0.1) is 0 Å². The number of carbonyl (C=O) groups is 1. The van der Waals surface area contributed by atoms with Gasteiger partial charge >= 0.3 is 0 Å². The molecule has 1 atom stereocenters. The van der Waals surface area contributed by atoms with Crippen LogP contribution in [0.5, 0.6) is 5.75 Å². The smallest absolute Gasteiger partial charge is 0.263 e. The standard InChI is InChI=1S/C15H21ClN2O2/c1-11-10-13(16)4-5-14(11)20-12(2)15(19)18-8-6-17(3)7-9-18/h4-5,10,12H,6-9H2,1-3H3. The van der Waals surface area contributed by atoms with Crippen molar-refractivity contribution >= 4 is 17.5 Å². The van der Waals surface area contributed by atoms with Crippen LogP contribution in [-0.2, 0) is 4.79 Å². The second-order valence-electron chi connectivity index (χ2n) is 5.30. The third-order valence-electron chi connectivity index (χ3n) is 3.60. The highest BCUT2D eigenvalue weighted by Crippen LogP contribution is 2.23. The van der Waals surface area contributed by atoms with E-state index in [9.17, 15) is 4.79 Å². The average Bonchev–Trinajstić information content (AvgIpc) is 2.42. The summed E-state index contributed by atoms with van der Waals surface area (Å²) < 4.78 is 5.78. The van der Waals surface area contributed by atoms with Gasteiger partial charge in [-0.1, -0.05) is 11.6 Å². The molecule has 1 saturated heterocycles. The minimum Gasteiger partial charge on any atom is -0.481 e. The van der Waals surface area contributed by atoms with Crippen LogP contribution < -0.4 is 4.74 Å². The van der Waals surface area contributed by atoms with Crippen LogP contribution in [0, 0.1) is 6.92 Å². The molecule has 4 nitrogen and oxygen atoms in total. The number of ether oxygens (including phenoxy) is 1. The SMILES string of the molecule is Cc1cc(Cl)ccc1OC(C)C(=O)N1CCN(C)CC1. The van der Waals surface area contributed by atoms with Crippen LogP contribution in [-0.4, -0.2) is 55.0 Å². The lowest BCUT2D eigenvalue weighted by atomic mass is 10.2. The van der Waals surface area contributed by atoms with Gasteiger partial charge in [0.2, 0.25) is 0 Å². The molecule has 1 aromatic rings. The van der Waals surface area contributed by atoms with Gasteiger partial charge in [0.15, 0.2) is 6.10 Å². The number of halogens is 1. The van der Waals surface area contributed by atoms with Gasteiger partial charge in [0.1, 0.15) is 5.75 Å². The lowest BCUT2D eigenvalue weighted by Gasteiger charge is -2.34. The Morgan fingerprint density at radius 1 is 1.30 bits per heavy atom. The number of benzene rings is 1. The Morgan fingerprint density at radius 2 is 1.95 bits per heavy atom. The molecule has 0 radical (unpaired) electrons. The Bertz CT molecular complexity index is 485. The number of amides is 1. The maximum atomic E-state index is 12.3. The first-order chi connectivity index (χ1) is 9.47. The molecule has 1 aliphatic heterocycles. The minimum atomic E-state index is -0.474. The van der Waals surface area contributed by atoms with E-state index in [-0.39, 0.29) is 5.91 Å². The molecule has 1 aliphatic rings. The van der Waals surface area contributed by atoms with Gasteiger partial charge in [-0.25, -0.2) is 0 Å². The maximum absolute atomic E-state index is 12.3. The average molecular weight is 297 g/mol. The molecule has 1 heterocycles. The monoisotopic (exact) mass is 296 g/mol. The summed E-state index contributed by atoms with van der Waals surface area (Å²) in [7, 11) is 2.07. The van der Waals surface area contributed by atoms with E-state index >= 15 is 0 Å². The zero-order valence-corrected chi connectivity index (χ0v) is 13.0. The molecule has 110 valence electrons. The number of rotatable bonds is 3. The Morgan fingerprint density at radius 3 is 2.55 bits per heavy atom. The van der Waals surface area contributed by atoms with E-state index in [2.05, 4.69) is 11.9 Å². The minimum absolute atomic E-state index is 0.0486. The quantitative estimate of drug-likeness (QED) is 0.857. The largest absolute Gasteiger partial charge is 0.481 e. The molecule has 5 heteroatoms. The molecule has 1 fully saturated rings. The number of nitrogens with zero attached hydrogens (tertiary/aromatic N) is 2. The van der Waals surface area contributed by atoms with Gasteiger partial charge < -0.3 is 14.5 Å². The summed E-state index contributed by atoms with van der Waals surface area (Å²) in [6.07, 6.45) is -0.474. The van der Waals surface area contributed by atoms with Gasteiger partial charge in [-0.2, -0.15) is 0 Å². The highest BCUT2D eigenvalue weighted by atomic mass is 35.5. The summed E-state index contributed by atoms with van der Waals surface area (Å²) in [5.41, 5.74) is 0.940. The van der Waals surface area contributed by atoms with E-state index in [4.69, 9.17) is 16.3 Å². The number of piperazine rings is 1. The molecule has 0 aliphatic carbocycles. The number of hydrogen-bond acceptors (Lipinski definition) is 3. The fraction of sp³-hybridized carbons (Fsp3) is 0.533. The molecule has 0 N–H and O–H groups in total. The van der Waals surface area contributed by atoms with Gasteiger partial charge in [-0.3, -0.25) is 4.79 Å². The third-order valence-corrected chi connectivity index (χ3v) is 3.84. The van der Waals surface area contributed by atoms with E-state index in [1.54, 1.807) is 13.0 Å². The van der Waals surface area contributed by atoms with E-state index in [1.807, 2.05) is 24.0 Å². The zero-order valence-electron chi connectivity index (χ0n) is 12.2. The van der Waals surface area contributed by atoms with E-state index < -0.39 is 6.10 Å². The van der Waals surface area contributed by atoms with Crippen molar-refractivity contribution in [2.24, 2.45) is 0 Å². The lowest BCUT2D eigenvalue weighted by Crippen LogP contribution is -2.50. The second-order valence-corrected chi connectivity index (χ2v) is 5.73. The van der Waals surface area contributed by atoms with Crippen LogP contribution in [0.4, 0.5) is 0 Å². The molecular formula is C15H21ClN2O2. The van der Waals surface area contributed by atoms with E-state index in [0.29, 0.717) is 10.8 Å². The van der Waals surface area contributed by atoms with Crippen LogP contribution >= 0.6 is 11.6 Å². The molecule has 1 amide bonds. The van der Waals surface area contributed by atoms with Gasteiger partial charge in [-0.05, 0) is 44.7 Å². The Kier molecular flexibility index (Phi) is 4.89. The van der Waals surface area contributed by atoms with Crippen molar-refractivity contribution in [3.63, 3.8) is 0 Å². The number of hydrogen-bond donors (Lipinski definition) is 0. The van der Waals surface area contributed by atoms with Gasteiger partial charge in [0.05, 0.1) is 0 Å². The zero-order chi connectivity index (χ0) is 14.7. The van der Waals surface area contributed by atoms with Gasteiger partial charge in [0, 0.05) is 31.2 Å². The van der Waals surface area contributed by atoms with Crippen molar-refractivity contribution in [2.45, 2.75) is 20.0 Å². The molecule has 2 rings (SSSR count). The topological polar surface area (TPSA) is 32.8 Å². The molecule has 1 unspecified atom stereocenters. The molecule has 0 saturated carbocycles. The third kappa shape index (κ3) is 3.64. The predicted molar refractivity (Wildman–Crippen MR) is 80.4 cm³/mol. The number of carbonyl (C=O) groups excluding carboxylic acids is 1. The molecule has 0 spiro atoms. The van der Waals surface area contributed by atoms with Crippen LogP contribution in [0.15, 0.2) is 18.2 Å². The van der Waals surface area contributed by atoms with E-state index in [0.717, 1.165) is 31.7 Å². The summed E-state index contributed by atoms with van der Waals surface area (Å²) in [5, 5.41) is 0.674. The highest BCUT2D eigenvalue weighted by molar-refractivity contribution is 6.30. The fourth-order valence-corrected chi connectivity index (χ4v) is 2.50. The normalized spacial score (nSPS) is 17.9. The molecular weight excluding hydrogens is 276 g/mol. The summed E-state index contributed by atoms with van der Waals surface area (Å²) in [6, 6.07) is 5.42. The number of aryl methyl sites for hydroxylation is 1. The second kappa shape index (κ2) is 6.46. The van der Waals surface area contributed by atoms with Crippen molar-refractivity contribution in [1.82, 2.24) is 9.80 Å². The van der Waals surface area contributed by atoms with Crippen LogP contribution in [0.3, 0.4) is 0 Å². The first-order valence-corrected chi connectivity index (χ1v) is 7.25. The van der Waals surface area contributed by atoms with Gasteiger partial charge in [0.25, 0.3) is 5.91 Å². The Balaban J connectivity index is 1.97. The van der Waals surface area contributed by atoms with Crippen molar-refractivity contribution in [3.05, 3.63) is 28.8 Å². The number of likely N-dealkylation sites (N-methyl/N-ethyl adjacent to an activating group) is 1. The maximum Gasteiger partial charge on any atom is 0.263 e. The molecule has 1 aromatic carbocycles. The van der Waals surface area contributed by atoms with Crippen molar-refractivity contribution in [1.29, 1.82) is 0 Å². The van der Waals surface area contributed by atoms with E-state index in [1.165, 1.54) is 0 Å². The summed E-state index contributed by atoms with van der Waals surface area (Å²) in [6.45, 7) is 7.09. The van der Waals surface area contributed by atoms with Crippen LogP contribution in [0.1, 0.15) is 12.5 Å². The molecule has 0 bridgehead atoms. The summed E-state index contributed by atoms with van der Waals surface area (Å²) in [4.78, 5) is 16.4. The highest BCUT2D eigenvalue weighted by Gasteiger charge is 2.25. The Hall–Kier alpha value is -1.26. The lowest BCUT2D eigenvalue weighted by molar-refractivity contribution is -0.139. The summed E-state index contributed by atoms with van der Waals surface area (Å²) >= 11 is 5.92. The molecule has 0 aromatic heterocycles. The van der Waals surface area contributed by atoms with Crippen molar-refractivity contribution in [3.8, 4) is 5.75 Å². The van der Waals surface area contributed by atoms with Crippen molar-refractivity contribution in [2.75, 3.05) is 33.2 Å². The van der Waals surface area contributed by atoms with Crippen LogP contribution in [0.25, 0.3) is 0 Å². The Labute approximate surface area is 125 Å². The predicted octanol–water partition coefficient (Wildman–Crippen LogP) is 2.19.